The van der Waals surface area contributed by atoms with E-state index in [0.717, 1.165) is 29.9 Å². The molecule has 7 nitrogen and oxygen atoms in total. The fourth-order valence-electron chi connectivity index (χ4n) is 3.66. The van der Waals surface area contributed by atoms with Gasteiger partial charge in [-0.05, 0) is 77.6 Å². The molecule has 0 saturated carbocycles. The summed E-state index contributed by atoms with van der Waals surface area (Å²) >= 11 is 0. The van der Waals surface area contributed by atoms with E-state index in [1.165, 1.54) is 5.69 Å². The number of benzene rings is 1. The monoisotopic (exact) mass is 439 g/mol. The van der Waals surface area contributed by atoms with E-state index in [-0.39, 0.29) is 18.1 Å². The molecule has 30 heavy (non-hydrogen) atoms. The number of unbranched alkanes of at least 4 members (excludes halogenated alkanes) is 1. The van der Waals surface area contributed by atoms with Crippen LogP contribution in [0.2, 0.25) is 0 Å². The zero-order valence-corrected chi connectivity index (χ0v) is 19.9. The number of nitrogens with zero attached hydrogens (tertiary/aromatic N) is 1. The Morgan fingerprint density at radius 1 is 1.13 bits per heavy atom. The zero-order chi connectivity index (χ0) is 22.5. The Morgan fingerprint density at radius 3 is 2.37 bits per heavy atom. The number of morpholine rings is 1. The second-order valence-electron chi connectivity index (χ2n) is 8.61. The molecule has 1 aliphatic heterocycles. The first-order valence-electron chi connectivity index (χ1n) is 10.8. The van der Waals surface area contributed by atoms with Gasteiger partial charge < -0.3 is 15.0 Å². The van der Waals surface area contributed by atoms with Crippen molar-refractivity contribution in [1.82, 2.24) is 4.72 Å². The van der Waals surface area contributed by atoms with Gasteiger partial charge in [-0.2, -0.15) is 0 Å². The summed E-state index contributed by atoms with van der Waals surface area (Å²) in [6, 6.07) is 4.17. The molecule has 0 bridgehead atoms. The lowest BCUT2D eigenvalue weighted by Crippen LogP contribution is -2.45. The van der Waals surface area contributed by atoms with Crippen molar-refractivity contribution in [2.24, 2.45) is 0 Å². The summed E-state index contributed by atoms with van der Waals surface area (Å²) in [5.74, 6) is -0.0504. The van der Waals surface area contributed by atoms with Crippen molar-refractivity contribution in [3.63, 3.8) is 0 Å². The lowest BCUT2D eigenvalue weighted by atomic mass is 10.1. The molecule has 170 valence electrons. The smallest absolute Gasteiger partial charge is 0.224 e. The van der Waals surface area contributed by atoms with Gasteiger partial charge in [-0.3, -0.25) is 4.79 Å². The molecule has 0 aliphatic carbocycles. The second kappa shape index (κ2) is 10.6. The minimum absolute atomic E-state index is 0.0504. The number of anilines is 2. The highest BCUT2D eigenvalue weighted by atomic mass is 32.2. The minimum atomic E-state index is -3.24. The standard InChI is InChI=1S/C22H37N3O4S/c1-15(2)30(27,28)23-10-8-7-9-22(26)24-20-11-17(4)21(12-16(20)3)25-13-18(5)29-19(6)14-25/h11-12,15,18-19,23H,7-10,13-14H2,1-6H3,(H,24,26). The average Bonchev–Trinajstić information content (AvgIpc) is 2.63. The number of nitrogens with one attached hydrogen (secondary N) is 2. The maximum Gasteiger partial charge on any atom is 0.224 e. The molecule has 1 aromatic rings. The Kier molecular flexibility index (Phi) is 8.70. The summed E-state index contributed by atoms with van der Waals surface area (Å²) in [5.41, 5.74) is 4.17. The molecular weight excluding hydrogens is 402 g/mol. The van der Waals surface area contributed by atoms with Crippen LogP contribution < -0.4 is 14.9 Å². The Bertz CT molecular complexity index is 829. The quantitative estimate of drug-likeness (QED) is 0.576. The lowest BCUT2D eigenvalue weighted by molar-refractivity contribution is -0.116. The highest BCUT2D eigenvalue weighted by Crippen LogP contribution is 2.29. The number of hydrogen-bond acceptors (Lipinski definition) is 5. The molecule has 1 aromatic carbocycles. The number of carbonyl (C=O) groups excluding carboxylic acids is 1. The first-order valence-corrected chi connectivity index (χ1v) is 12.3. The molecule has 2 atom stereocenters. The maximum absolute atomic E-state index is 12.3. The van der Waals surface area contributed by atoms with Crippen LogP contribution in [0.1, 0.15) is 58.1 Å². The van der Waals surface area contributed by atoms with Crippen LogP contribution in [-0.4, -0.2) is 51.4 Å². The van der Waals surface area contributed by atoms with Gasteiger partial charge in [0.15, 0.2) is 0 Å². The third-order valence-electron chi connectivity index (χ3n) is 5.33. The average molecular weight is 440 g/mol. The lowest BCUT2D eigenvalue weighted by Gasteiger charge is -2.38. The molecule has 0 aromatic heterocycles. The van der Waals surface area contributed by atoms with Crippen LogP contribution in [0.25, 0.3) is 0 Å². The van der Waals surface area contributed by atoms with Gasteiger partial charge in [0.2, 0.25) is 15.9 Å². The number of aryl methyl sites for hydroxylation is 2. The summed E-state index contributed by atoms with van der Waals surface area (Å²) in [6.45, 7) is 13.6. The largest absolute Gasteiger partial charge is 0.372 e. The van der Waals surface area contributed by atoms with E-state index in [0.29, 0.717) is 25.8 Å². The van der Waals surface area contributed by atoms with Crippen molar-refractivity contribution in [2.45, 2.75) is 78.3 Å². The van der Waals surface area contributed by atoms with Gasteiger partial charge >= 0.3 is 0 Å². The highest BCUT2D eigenvalue weighted by Gasteiger charge is 2.24. The molecule has 0 spiro atoms. The zero-order valence-electron chi connectivity index (χ0n) is 19.1. The van der Waals surface area contributed by atoms with E-state index in [4.69, 9.17) is 4.74 Å². The molecule has 2 unspecified atom stereocenters. The van der Waals surface area contributed by atoms with E-state index in [9.17, 15) is 13.2 Å². The van der Waals surface area contributed by atoms with Crippen LogP contribution in [0.4, 0.5) is 11.4 Å². The van der Waals surface area contributed by atoms with Crippen molar-refractivity contribution in [1.29, 1.82) is 0 Å². The van der Waals surface area contributed by atoms with Gasteiger partial charge in [0, 0.05) is 37.4 Å². The summed E-state index contributed by atoms with van der Waals surface area (Å²) < 4.78 is 31.8. The molecule has 1 fully saturated rings. The molecule has 2 N–H and O–H groups in total. The topological polar surface area (TPSA) is 87.7 Å². The maximum atomic E-state index is 12.3. The van der Waals surface area contributed by atoms with Crippen molar-refractivity contribution < 1.29 is 17.9 Å². The van der Waals surface area contributed by atoms with Crippen molar-refractivity contribution in [2.75, 3.05) is 29.9 Å². The molecule has 1 heterocycles. The Labute approximate surface area is 181 Å². The third-order valence-corrected chi connectivity index (χ3v) is 7.18. The molecule has 0 radical (unpaired) electrons. The van der Waals surface area contributed by atoms with Crippen molar-refractivity contribution in [3.8, 4) is 0 Å². The number of rotatable bonds is 9. The number of sulfonamides is 1. The SMILES string of the molecule is Cc1cc(N2CC(C)OC(C)C2)c(C)cc1NC(=O)CCCCNS(=O)(=O)C(C)C. The van der Waals surface area contributed by atoms with Crippen LogP contribution in [0.5, 0.6) is 0 Å². The first-order chi connectivity index (χ1) is 14.0. The number of ether oxygens (including phenoxy) is 1. The van der Waals surface area contributed by atoms with Crippen LogP contribution in [0.15, 0.2) is 12.1 Å². The minimum Gasteiger partial charge on any atom is -0.372 e. The van der Waals surface area contributed by atoms with Gasteiger partial charge in [0.1, 0.15) is 0 Å². The third kappa shape index (κ3) is 6.96. The summed E-state index contributed by atoms with van der Waals surface area (Å²) in [5, 5.41) is 2.56. The van der Waals surface area contributed by atoms with E-state index in [1.807, 2.05) is 13.0 Å². The van der Waals surface area contributed by atoms with Crippen LogP contribution in [0, 0.1) is 13.8 Å². The van der Waals surface area contributed by atoms with Crippen molar-refractivity contribution >= 4 is 27.3 Å². The number of hydrogen-bond donors (Lipinski definition) is 2. The van der Waals surface area contributed by atoms with E-state index in [2.05, 4.69) is 41.8 Å². The van der Waals surface area contributed by atoms with E-state index >= 15 is 0 Å². The summed E-state index contributed by atoms with van der Waals surface area (Å²) in [4.78, 5) is 14.7. The van der Waals surface area contributed by atoms with Crippen LogP contribution >= 0.6 is 0 Å². The molecule has 1 saturated heterocycles. The van der Waals surface area contributed by atoms with Crippen LogP contribution in [-0.2, 0) is 19.6 Å². The highest BCUT2D eigenvalue weighted by molar-refractivity contribution is 7.90. The summed E-state index contributed by atoms with van der Waals surface area (Å²) in [7, 11) is -3.24. The molecule has 2 rings (SSSR count). The van der Waals surface area contributed by atoms with Gasteiger partial charge in [0.05, 0.1) is 17.5 Å². The van der Waals surface area contributed by atoms with Gasteiger partial charge in [-0.1, -0.05) is 0 Å². The Hall–Kier alpha value is -1.64. The van der Waals surface area contributed by atoms with Gasteiger partial charge in [-0.15, -0.1) is 0 Å². The predicted octanol–water partition coefficient (Wildman–Crippen LogP) is 3.35. The molecule has 1 aliphatic rings. The van der Waals surface area contributed by atoms with E-state index in [1.54, 1.807) is 13.8 Å². The fourth-order valence-corrected chi connectivity index (χ4v) is 4.42. The summed E-state index contributed by atoms with van der Waals surface area (Å²) in [6.07, 6.45) is 2.01. The van der Waals surface area contributed by atoms with Gasteiger partial charge in [0.25, 0.3) is 0 Å². The van der Waals surface area contributed by atoms with E-state index < -0.39 is 15.3 Å². The molecule has 8 heteroatoms. The normalized spacial score (nSPS) is 19.9. The number of amides is 1. The second-order valence-corrected chi connectivity index (χ2v) is 10.9. The Balaban J connectivity index is 1.88. The first kappa shape index (κ1) is 24.6. The fraction of sp³-hybridized carbons (Fsp3) is 0.682. The predicted molar refractivity (Wildman–Crippen MR) is 123 cm³/mol. The van der Waals surface area contributed by atoms with Gasteiger partial charge in [-0.25, -0.2) is 13.1 Å². The Morgan fingerprint density at radius 2 is 1.77 bits per heavy atom. The molecule has 1 amide bonds. The number of carbonyl (C=O) groups is 1. The molecular formula is C22H37N3O4S. The van der Waals surface area contributed by atoms with Crippen molar-refractivity contribution in [3.05, 3.63) is 23.3 Å². The van der Waals surface area contributed by atoms with Crippen LogP contribution in [0.3, 0.4) is 0 Å².